The van der Waals surface area contributed by atoms with Gasteiger partial charge in [0, 0.05) is 6.07 Å². The molecule has 2 unspecified atom stereocenters. The van der Waals surface area contributed by atoms with Gasteiger partial charge < -0.3 is 15.3 Å². The first-order valence-electron chi connectivity index (χ1n) is 5.01. The van der Waals surface area contributed by atoms with E-state index < -0.39 is 41.2 Å². The molecule has 0 saturated carbocycles. The van der Waals surface area contributed by atoms with Crippen molar-refractivity contribution in [3.63, 3.8) is 0 Å². The third kappa shape index (κ3) is 3.40. The Morgan fingerprint density at radius 2 is 1.89 bits per heavy atom. The number of hydrogen-bond donors (Lipinski definition) is 3. The highest BCUT2D eigenvalue weighted by Gasteiger charge is 2.38. The van der Waals surface area contributed by atoms with Crippen molar-refractivity contribution in [1.82, 2.24) is 0 Å². The smallest absolute Gasteiger partial charge is 0.394 e. The van der Waals surface area contributed by atoms with Crippen LogP contribution in [0.1, 0.15) is 17.2 Å². The van der Waals surface area contributed by atoms with Crippen LogP contribution >= 0.6 is 0 Å². The van der Waals surface area contributed by atoms with E-state index in [0.29, 0.717) is 12.1 Å². The molecule has 9 heteroatoms. The number of nitrogens with zero attached hydrogens (tertiary/aromatic N) is 1. The van der Waals surface area contributed by atoms with E-state index in [2.05, 4.69) is 0 Å². The molecule has 0 heterocycles. The van der Waals surface area contributed by atoms with Gasteiger partial charge in [-0.15, -0.1) is 0 Å². The molecule has 0 aliphatic carbocycles. The fourth-order valence-corrected chi connectivity index (χ4v) is 1.45. The minimum Gasteiger partial charge on any atom is -0.394 e. The van der Waals surface area contributed by atoms with Gasteiger partial charge in [-0.25, -0.2) is 0 Å². The normalized spacial score (nSPS) is 15.1. The van der Waals surface area contributed by atoms with E-state index >= 15 is 0 Å². The molecule has 0 amide bonds. The lowest BCUT2D eigenvalue weighted by molar-refractivity contribution is -0.388. The summed E-state index contributed by atoms with van der Waals surface area (Å²) in [5.74, 6) is 0. The predicted octanol–water partition coefficient (Wildman–Crippen LogP) is 1.00. The summed E-state index contributed by atoms with van der Waals surface area (Å²) in [6.07, 6.45) is -8.26. The van der Waals surface area contributed by atoms with Crippen molar-refractivity contribution in [2.45, 2.75) is 18.4 Å². The van der Waals surface area contributed by atoms with Gasteiger partial charge in [-0.3, -0.25) is 10.1 Å². The van der Waals surface area contributed by atoms with Crippen LogP contribution < -0.4 is 0 Å². The number of nitro groups is 1. The average Bonchev–Trinajstić information content (AvgIpc) is 2.35. The minimum absolute atomic E-state index is 0.291. The van der Waals surface area contributed by atoms with E-state index in [1.54, 1.807) is 0 Å². The SMILES string of the molecule is O=[N+]([O-])c1cc(C(O)C(O)CO)ccc1C(F)(F)F. The van der Waals surface area contributed by atoms with Crippen LogP contribution in [-0.2, 0) is 6.18 Å². The second-order valence-corrected chi connectivity index (χ2v) is 3.73. The van der Waals surface area contributed by atoms with Crippen molar-refractivity contribution >= 4 is 5.69 Å². The molecule has 0 aromatic heterocycles. The number of aliphatic hydroxyl groups is 3. The second-order valence-electron chi connectivity index (χ2n) is 3.73. The Kier molecular flexibility index (Phi) is 4.45. The number of rotatable bonds is 4. The van der Waals surface area contributed by atoms with Crippen LogP contribution in [0.3, 0.4) is 0 Å². The fourth-order valence-electron chi connectivity index (χ4n) is 1.45. The van der Waals surface area contributed by atoms with Gasteiger partial charge in [-0.1, -0.05) is 6.07 Å². The molecule has 2 atom stereocenters. The molecule has 0 aliphatic rings. The van der Waals surface area contributed by atoms with Gasteiger partial charge in [-0.2, -0.15) is 13.2 Å². The van der Waals surface area contributed by atoms with E-state index in [1.807, 2.05) is 0 Å². The number of hydrogen-bond acceptors (Lipinski definition) is 5. The molecule has 1 aromatic rings. The molecule has 0 aliphatic heterocycles. The second kappa shape index (κ2) is 5.51. The number of aliphatic hydroxyl groups excluding tert-OH is 3. The third-order valence-corrected chi connectivity index (χ3v) is 2.42. The zero-order valence-corrected chi connectivity index (χ0v) is 9.33. The summed E-state index contributed by atoms with van der Waals surface area (Å²) in [6.45, 7) is -0.837. The van der Waals surface area contributed by atoms with Crippen LogP contribution in [-0.4, -0.2) is 33.0 Å². The lowest BCUT2D eigenvalue weighted by atomic mass is 10.0. The number of alkyl halides is 3. The Hall–Kier alpha value is -1.71. The average molecular weight is 281 g/mol. The molecule has 0 fully saturated rings. The van der Waals surface area contributed by atoms with Gasteiger partial charge in [-0.05, 0) is 11.6 Å². The first-order chi connectivity index (χ1) is 8.68. The highest BCUT2D eigenvalue weighted by molar-refractivity contribution is 5.45. The summed E-state index contributed by atoms with van der Waals surface area (Å²) in [7, 11) is 0. The van der Waals surface area contributed by atoms with Crippen molar-refractivity contribution in [2.75, 3.05) is 6.61 Å². The zero-order valence-electron chi connectivity index (χ0n) is 9.33. The van der Waals surface area contributed by atoms with E-state index in [4.69, 9.17) is 10.2 Å². The maximum Gasteiger partial charge on any atom is 0.422 e. The first kappa shape index (κ1) is 15.3. The minimum atomic E-state index is -4.90. The Balaban J connectivity index is 3.28. The predicted molar refractivity (Wildman–Crippen MR) is 56.2 cm³/mol. The van der Waals surface area contributed by atoms with Crippen LogP contribution in [0.2, 0.25) is 0 Å². The molecule has 0 spiro atoms. The summed E-state index contributed by atoms with van der Waals surface area (Å²) in [5, 5.41) is 37.8. The van der Waals surface area contributed by atoms with Crippen LogP contribution in [0.15, 0.2) is 18.2 Å². The van der Waals surface area contributed by atoms with E-state index in [-0.39, 0.29) is 5.56 Å². The maximum absolute atomic E-state index is 12.5. The Morgan fingerprint density at radius 3 is 2.32 bits per heavy atom. The first-order valence-corrected chi connectivity index (χ1v) is 5.01. The number of nitro benzene ring substituents is 1. The van der Waals surface area contributed by atoms with Gasteiger partial charge in [0.05, 0.1) is 11.5 Å². The quantitative estimate of drug-likeness (QED) is 0.564. The molecule has 19 heavy (non-hydrogen) atoms. The van der Waals surface area contributed by atoms with Crippen molar-refractivity contribution in [1.29, 1.82) is 0 Å². The summed E-state index contributed by atoms with van der Waals surface area (Å²) < 4.78 is 37.5. The maximum atomic E-state index is 12.5. The monoisotopic (exact) mass is 281 g/mol. The standard InChI is InChI=1S/C10H10F3NO5/c11-10(12,13)6-2-1-5(3-7(6)14(18)19)9(17)8(16)4-15/h1-3,8-9,15-17H,4H2. The summed E-state index contributed by atoms with van der Waals surface area (Å²) in [6, 6.07) is 1.77. The zero-order chi connectivity index (χ0) is 14.8. The Morgan fingerprint density at radius 1 is 1.32 bits per heavy atom. The van der Waals surface area contributed by atoms with E-state index in [0.717, 1.165) is 6.07 Å². The summed E-state index contributed by atoms with van der Waals surface area (Å²) in [5.41, 5.74) is -2.97. The van der Waals surface area contributed by atoms with Crippen LogP contribution in [0.4, 0.5) is 18.9 Å². The fraction of sp³-hybridized carbons (Fsp3) is 0.400. The van der Waals surface area contributed by atoms with Crippen LogP contribution in [0, 0.1) is 10.1 Å². The number of benzene rings is 1. The molecule has 6 nitrogen and oxygen atoms in total. The van der Waals surface area contributed by atoms with Gasteiger partial charge in [0.1, 0.15) is 17.8 Å². The van der Waals surface area contributed by atoms with Crippen LogP contribution in [0.25, 0.3) is 0 Å². The molecule has 3 N–H and O–H groups in total. The molecule has 0 saturated heterocycles. The Bertz CT molecular complexity index is 477. The number of halogens is 3. The van der Waals surface area contributed by atoms with Gasteiger partial charge >= 0.3 is 6.18 Å². The van der Waals surface area contributed by atoms with E-state index in [9.17, 15) is 28.4 Å². The molecule has 1 rings (SSSR count). The summed E-state index contributed by atoms with van der Waals surface area (Å²) in [4.78, 5) is 9.36. The Labute approximate surface area is 104 Å². The highest BCUT2D eigenvalue weighted by Crippen LogP contribution is 2.37. The van der Waals surface area contributed by atoms with Crippen molar-refractivity contribution < 1.29 is 33.4 Å². The molecule has 1 aromatic carbocycles. The topological polar surface area (TPSA) is 104 Å². The van der Waals surface area contributed by atoms with Crippen molar-refractivity contribution in [2.24, 2.45) is 0 Å². The van der Waals surface area contributed by atoms with Crippen LogP contribution in [0.5, 0.6) is 0 Å². The van der Waals surface area contributed by atoms with Gasteiger partial charge in [0.2, 0.25) is 0 Å². The molecular formula is C10H10F3NO5. The highest BCUT2D eigenvalue weighted by atomic mass is 19.4. The lowest BCUT2D eigenvalue weighted by Crippen LogP contribution is -2.22. The molecular weight excluding hydrogens is 271 g/mol. The summed E-state index contributed by atoms with van der Waals surface area (Å²) >= 11 is 0. The van der Waals surface area contributed by atoms with Gasteiger partial charge in [0.25, 0.3) is 5.69 Å². The van der Waals surface area contributed by atoms with E-state index in [1.165, 1.54) is 0 Å². The third-order valence-electron chi connectivity index (χ3n) is 2.42. The molecule has 0 radical (unpaired) electrons. The largest absolute Gasteiger partial charge is 0.422 e. The molecule has 106 valence electrons. The molecule has 0 bridgehead atoms. The van der Waals surface area contributed by atoms with Gasteiger partial charge in [0.15, 0.2) is 0 Å². The van der Waals surface area contributed by atoms with Crippen molar-refractivity contribution in [3.05, 3.63) is 39.4 Å². The van der Waals surface area contributed by atoms with Crippen molar-refractivity contribution in [3.8, 4) is 0 Å². The lowest BCUT2D eigenvalue weighted by Gasteiger charge is -2.16.